The molecule has 53 heavy (non-hydrogen) atoms. The molecule has 298 valence electrons. The number of hydrogen-bond donors (Lipinski definition) is 2. The van der Waals surface area contributed by atoms with Gasteiger partial charge in [0, 0.05) is 74.7 Å². The SMILES string of the molecule is CN(C)CCOCCC(N)=O.COC(=O)C(C)CC(Cc1nc(C)cs1)NC(=O)c1csc(C(CC(C(C)C)N(C)C(=O)CC2CCC2)OC(C)=O)n1. The van der Waals surface area contributed by atoms with Gasteiger partial charge < -0.3 is 35.1 Å². The van der Waals surface area contributed by atoms with Crippen LogP contribution in [0.5, 0.6) is 0 Å². The summed E-state index contributed by atoms with van der Waals surface area (Å²) in [5, 5.41) is 7.97. The van der Waals surface area contributed by atoms with Crippen molar-refractivity contribution in [2.24, 2.45) is 23.5 Å². The summed E-state index contributed by atoms with van der Waals surface area (Å²) < 4.78 is 15.7. The third kappa shape index (κ3) is 17.0. The summed E-state index contributed by atoms with van der Waals surface area (Å²) in [7, 11) is 7.10. The van der Waals surface area contributed by atoms with Gasteiger partial charge in [0.15, 0.2) is 6.10 Å². The number of amides is 3. The van der Waals surface area contributed by atoms with Crippen LogP contribution in [0.3, 0.4) is 0 Å². The third-order valence-electron chi connectivity index (χ3n) is 8.98. The maximum atomic E-state index is 13.3. The van der Waals surface area contributed by atoms with E-state index in [1.165, 1.54) is 43.1 Å². The van der Waals surface area contributed by atoms with E-state index < -0.39 is 18.0 Å². The van der Waals surface area contributed by atoms with Crippen molar-refractivity contribution >= 4 is 52.3 Å². The van der Waals surface area contributed by atoms with Gasteiger partial charge in [0.2, 0.25) is 11.8 Å². The number of aryl methyl sites for hydroxylation is 1. The Morgan fingerprint density at radius 3 is 2.25 bits per heavy atom. The van der Waals surface area contributed by atoms with Gasteiger partial charge in [-0.05, 0) is 52.1 Å². The molecule has 0 bridgehead atoms. The Bertz CT molecular complexity index is 1460. The first-order valence-electron chi connectivity index (χ1n) is 18.2. The average molecular weight is 781 g/mol. The van der Waals surface area contributed by atoms with Crippen molar-refractivity contribution in [2.75, 3.05) is 48.0 Å². The van der Waals surface area contributed by atoms with Crippen molar-refractivity contribution in [3.63, 3.8) is 0 Å². The van der Waals surface area contributed by atoms with Gasteiger partial charge in [-0.25, -0.2) is 9.97 Å². The van der Waals surface area contributed by atoms with Crippen LogP contribution in [0.25, 0.3) is 0 Å². The van der Waals surface area contributed by atoms with Crippen LogP contribution in [0.15, 0.2) is 10.8 Å². The summed E-state index contributed by atoms with van der Waals surface area (Å²) in [5.41, 5.74) is 6.01. The minimum atomic E-state index is -0.700. The van der Waals surface area contributed by atoms with Crippen LogP contribution in [-0.4, -0.2) is 110 Å². The Hall–Kier alpha value is -3.47. The molecule has 3 rings (SSSR count). The maximum absolute atomic E-state index is 13.3. The fourth-order valence-electron chi connectivity index (χ4n) is 5.72. The van der Waals surface area contributed by atoms with Gasteiger partial charge in [0.05, 0.1) is 31.2 Å². The molecule has 16 heteroatoms. The first-order chi connectivity index (χ1) is 25.0. The molecule has 4 unspecified atom stereocenters. The zero-order valence-electron chi connectivity index (χ0n) is 32.8. The summed E-state index contributed by atoms with van der Waals surface area (Å²) in [6.07, 6.45) is 4.74. The number of aromatic nitrogens is 2. The van der Waals surface area contributed by atoms with Crippen LogP contribution in [0.1, 0.15) is 105 Å². The number of likely N-dealkylation sites (N-methyl/N-ethyl adjacent to an activating group) is 1. The molecule has 2 aromatic rings. The minimum Gasteiger partial charge on any atom is -0.469 e. The molecule has 4 atom stereocenters. The van der Waals surface area contributed by atoms with Gasteiger partial charge in [-0.15, -0.1) is 22.7 Å². The lowest BCUT2D eigenvalue weighted by molar-refractivity contribution is -0.148. The maximum Gasteiger partial charge on any atom is 0.308 e. The number of carbonyl (C=O) groups is 5. The molecule has 0 spiro atoms. The Kier molecular flexibility index (Phi) is 20.1. The predicted octanol–water partition coefficient (Wildman–Crippen LogP) is 4.56. The standard InChI is InChI=1S/C30H44N4O6S2.C7H16N2O2/c1-17(2)24(34(6)27(36)12-21-9-8-10-21)14-25(40-20(5)35)29-33-23(16-42-29)28(37)32-22(11-18(3)30(38)39-7)13-26-31-19(4)15-41-26;1-9(2)4-6-11-5-3-7(8)10/h15-18,21-22,24-25H,8-14H2,1-7H3,(H,32,37);3-6H2,1-2H3,(H2,8,10). The summed E-state index contributed by atoms with van der Waals surface area (Å²) in [4.78, 5) is 73.6. The molecule has 3 N–H and O–H groups in total. The number of carbonyl (C=O) groups excluding carboxylic acids is 5. The van der Waals surface area contributed by atoms with Crippen LogP contribution >= 0.6 is 22.7 Å². The molecule has 2 heterocycles. The lowest BCUT2D eigenvalue weighted by Gasteiger charge is -2.35. The van der Waals surface area contributed by atoms with E-state index in [1.54, 1.807) is 17.2 Å². The fourth-order valence-corrected chi connectivity index (χ4v) is 7.41. The predicted molar refractivity (Wildman–Crippen MR) is 205 cm³/mol. The second kappa shape index (κ2) is 23.3. The highest BCUT2D eigenvalue weighted by atomic mass is 32.1. The van der Waals surface area contributed by atoms with Crippen LogP contribution in [0, 0.1) is 24.7 Å². The highest BCUT2D eigenvalue weighted by Crippen LogP contribution is 2.33. The van der Waals surface area contributed by atoms with Gasteiger partial charge >= 0.3 is 11.9 Å². The third-order valence-corrected chi connectivity index (χ3v) is 10.9. The molecule has 0 aliphatic heterocycles. The summed E-state index contributed by atoms with van der Waals surface area (Å²) in [6, 6.07) is -0.540. The minimum absolute atomic E-state index is 0.0989. The quantitative estimate of drug-likeness (QED) is 0.134. The van der Waals surface area contributed by atoms with E-state index in [9.17, 15) is 24.0 Å². The lowest BCUT2D eigenvalue weighted by Crippen LogP contribution is -2.42. The topological polar surface area (TPSA) is 183 Å². The van der Waals surface area contributed by atoms with Gasteiger partial charge in [0.25, 0.3) is 5.91 Å². The molecular formula is C37H60N6O8S2. The van der Waals surface area contributed by atoms with E-state index >= 15 is 0 Å². The van der Waals surface area contributed by atoms with Crippen molar-refractivity contribution in [1.29, 1.82) is 0 Å². The van der Waals surface area contributed by atoms with E-state index in [-0.39, 0.29) is 47.4 Å². The van der Waals surface area contributed by atoms with Crippen LogP contribution in [0.2, 0.25) is 0 Å². The molecule has 0 radical (unpaired) electrons. The summed E-state index contributed by atoms with van der Waals surface area (Å²) in [6.45, 7) is 11.1. The zero-order chi connectivity index (χ0) is 39.7. The lowest BCUT2D eigenvalue weighted by atomic mass is 9.82. The van der Waals surface area contributed by atoms with Gasteiger partial charge in [-0.3, -0.25) is 24.0 Å². The summed E-state index contributed by atoms with van der Waals surface area (Å²) >= 11 is 2.75. The molecule has 1 aliphatic rings. The fraction of sp³-hybridized carbons (Fsp3) is 0.703. The molecule has 0 aromatic carbocycles. The zero-order valence-corrected chi connectivity index (χ0v) is 34.5. The summed E-state index contributed by atoms with van der Waals surface area (Å²) in [5.74, 6) is -1.25. The monoisotopic (exact) mass is 780 g/mol. The van der Waals surface area contributed by atoms with Crippen molar-refractivity contribution in [2.45, 2.75) is 104 Å². The number of methoxy groups -OCH3 is 1. The molecule has 1 fully saturated rings. The average Bonchev–Trinajstić information content (AvgIpc) is 3.72. The molecule has 1 aliphatic carbocycles. The first-order valence-corrected chi connectivity index (χ1v) is 19.9. The number of nitrogens with two attached hydrogens (primary N) is 1. The Morgan fingerprint density at radius 1 is 1.02 bits per heavy atom. The number of thiazole rings is 2. The number of nitrogens with one attached hydrogen (secondary N) is 1. The number of primary amides is 1. The van der Waals surface area contributed by atoms with Crippen LogP contribution in [0.4, 0.5) is 0 Å². The Morgan fingerprint density at radius 2 is 1.72 bits per heavy atom. The molecule has 1 saturated carbocycles. The van der Waals surface area contributed by atoms with E-state index in [2.05, 4.69) is 15.3 Å². The number of nitrogens with zero attached hydrogens (tertiary/aromatic N) is 4. The van der Waals surface area contributed by atoms with Crippen molar-refractivity contribution in [3.05, 3.63) is 32.2 Å². The molecular weight excluding hydrogens is 721 g/mol. The molecule has 14 nitrogen and oxygen atoms in total. The van der Waals surface area contributed by atoms with Gasteiger partial charge in [0.1, 0.15) is 10.7 Å². The number of hydrogen-bond acceptors (Lipinski definition) is 13. The van der Waals surface area contributed by atoms with Gasteiger partial charge in [-0.1, -0.05) is 27.2 Å². The smallest absolute Gasteiger partial charge is 0.308 e. The van der Waals surface area contributed by atoms with Crippen molar-refractivity contribution < 1.29 is 38.2 Å². The first kappa shape index (κ1) is 45.7. The second-order valence-electron chi connectivity index (χ2n) is 14.3. The van der Waals surface area contributed by atoms with Crippen molar-refractivity contribution in [3.8, 4) is 0 Å². The number of esters is 2. The van der Waals surface area contributed by atoms with E-state index in [0.717, 1.165) is 30.1 Å². The molecule has 3 amide bonds. The van der Waals surface area contributed by atoms with E-state index in [1.807, 2.05) is 52.2 Å². The normalized spacial score (nSPS) is 15.0. The highest BCUT2D eigenvalue weighted by molar-refractivity contribution is 7.10. The van der Waals surface area contributed by atoms with E-state index in [4.69, 9.17) is 19.9 Å². The second-order valence-corrected chi connectivity index (χ2v) is 16.1. The number of rotatable bonds is 21. The van der Waals surface area contributed by atoms with E-state index in [0.29, 0.717) is 56.2 Å². The van der Waals surface area contributed by atoms with Crippen LogP contribution < -0.4 is 11.1 Å². The van der Waals surface area contributed by atoms with Crippen LogP contribution in [-0.2, 0) is 39.8 Å². The van der Waals surface area contributed by atoms with Gasteiger partial charge in [-0.2, -0.15) is 0 Å². The number of ether oxygens (including phenoxy) is 3. The van der Waals surface area contributed by atoms with Crippen molar-refractivity contribution in [1.82, 2.24) is 25.1 Å². The largest absolute Gasteiger partial charge is 0.469 e. The molecule has 2 aromatic heterocycles. The molecule has 0 saturated heterocycles. The highest BCUT2D eigenvalue weighted by Gasteiger charge is 2.32. The Balaban J connectivity index is 0.000000763. The Labute approximate surface area is 322 Å².